The zero-order chi connectivity index (χ0) is 13.4. The highest BCUT2D eigenvalue weighted by molar-refractivity contribution is 6.35. The molecule has 0 bridgehead atoms. The van der Waals surface area contributed by atoms with Crippen molar-refractivity contribution in [1.82, 2.24) is 5.32 Å². The summed E-state index contributed by atoms with van der Waals surface area (Å²) in [6, 6.07) is 5.58. The Hall–Kier alpha value is -0.280. The van der Waals surface area contributed by atoms with Gasteiger partial charge in [-0.2, -0.15) is 0 Å². The third kappa shape index (κ3) is 6.05. The Balaban J connectivity index is 2.14. The quantitative estimate of drug-likeness (QED) is 0.721. The predicted molar refractivity (Wildman–Crippen MR) is 78.5 cm³/mol. The standard InChI is InChI=1S/C14H21Cl2NO/c1-11(2)18-9-4-3-8-17-10-12-13(15)6-5-7-14(12)16/h5-7,11,17H,3-4,8-10H2,1-2H3. The van der Waals surface area contributed by atoms with Crippen LogP contribution in [0.5, 0.6) is 0 Å². The number of hydrogen-bond donors (Lipinski definition) is 1. The van der Waals surface area contributed by atoms with Gasteiger partial charge in [0.15, 0.2) is 0 Å². The van der Waals surface area contributed by atoms with Gasteiger partial charge in [-0.05, 0) is 45.4 Å². The molecule has 0 aliphatic rings. The molecule has 0 amide bonds. The monoisotopic (exact) mass is 289 g/mol. The van der Waals surface area contributed by atoms with Crippen LogP contribution in [0.25, 0.3) is 0 Å². The third-order valence-electron chi connectivity index (χ3n) is 2.56. The SMILES string of the molecule is CC(C)OCCCCNCc1c(Cl)cccc1Cl. The van der Waals surface area contributed by atoms with E-state index in [4.69, 9.17) is 27.9 Å². The number of nitrogens with one attached hydrogen (secondary N) is 1. The van der Waals surface area contributed by atoms with Gasteiger partial charge in [0.25, 0.3) is 0 Å². The molecule has 18 heavy (non-hydrogen) atoms. The van der Waals surface area contributed by atoms with Crippen LogP contribution in [-0.2, 0) is 11.3 Å². The summed E-state index contributed by atoms with van der Waals surface area (Å²) < 4.78 is 5.47. The van der Waals surface area contributed by atoms with Crippen molar-refractivity contribution in [2.24, 2.45) is 0 Å². The number of hydrogen-bond acceptors (Lipinski definition) is 2. The first-order chi connectivity index (χ1) is 8.61. The van der Waals surface area contributed by atoms with Crippen LogP contribution in [-0.4, -0.2) is 19.3 Å². The number of ether oxygens (including phenoxy) is 1. The zero-order valence-electron chi connectivity index (χ0n) is 11.0. The van der Waals surface area contributed by atoms with E-state index in [1.54, 1.807) is 0 Å². The van der Waals surface area contributed by atoms with E-state index in [2.05, 4.69) is 19.2 Å². The first-order valence-corrected chi connectivity index (χ1v) is 7.12. The van der Waals surface area contributed by atoms with Gasteiger partial charge in [-0.3, -0.25) is 0 Å². The van der Waals surface area contributed by atoms with E-state index in [0.29, 0.717) is 12.6 Å². The number of benzene rings is 1. The summed E-state index contributed by atoms with van der Waals surface area (Å²) in [4.78, 5) is 0. The number of rotatable bonds is 8. The summed E-state index contributed by atoms with van der Waals surface area (Å²) >= 11 is 12.2. The van der Waals surface area contributed by atoms with E-state index in [1.165, 1.54) is 0 Å². The van der Waals surface area contributed by atoms with Crippen LogP contribution < -0.4 is 5.32 Å². The van der Waals surface area contributed by atoms with E-state index >= 15 is 0 Å². The molecule has 1 N–H and O–H groups in total. The van der Waals surface area contributed by atoms with Crippen molar-refractivity contribution < 1.29 is 4.74 Å². The Morgan fingerprint density at radius 3 is 2.44 bits per heavy atom. The first-order valence-electron chi connectivity index (χ1n) is 6.36. The van der Waals surface area contributed by atoms with E-state index in [-0.39, 0.29) is 0 Å². The van der Waals surface area contributed by atoms with Gasteiger partial charge in [0.05, 0.1) is 6.10 Å². The molecule has 0 saturated heterocycles. The number of halogens is 2. The van der Waals surface area contributed by atoms with Crippen LogP contribution in [0.4, 0.5) is 0 Å². The Kier molecular flexibility index (Phi) is 7.68. The average Bonchev–Trinajstić information content (AvgIpc) is 2.30. The van der Waals surface area contributed by atoms with Gasteiger partial charge in [-0.1, -0.05) is 29.3 Å². The van der Waals surface area contributed by atoms with Gasteiger partial charge in [0.2, 0.25) is 0 Å². The number of unbranched alkanes of at least 4 members (excludes halogenated alkanes) is 1. The third-order valence-corrected chi connectivity index (χ3v) is 3.27. The van der Waals surface area contributed by atoms with Crippen molar-refractivity contribution in [3.8, 4) is 0 Å². The van der Waals surface area contributed by atoms with Crippen LogP contribution in [0.15, 0.2) is 18.2 Å². The minimum absolute atomic E-state index is 0.319. The van der Waals surface area contributed by atoms with Crippen molar-refractivity contribution in [3.63, 3.8) is 0 Å². The topological polar surface area (TPSA) is 21.3 Å². The normalized spacial score (nSPS) is 11.2. The Morgan fingerprint density at radius 2 is 1.83 bits per heavy atom. The first kappa shape index (κ1) is 15.8. The fourth-order valence-electron chi connectivity index (χ4n) is 1.59. The molecule has 0 aromatic heterocycles. The molecule has 1 aromatic carbocycles. The van der Waals surface area contributed by atoms with Crippen molar-refractivity contribution in [2.75, 3.05) is 13.2 Å². The Morgan fingerprint density at radius 1 is 1.17 bits per heavy atom. The summed E-state index contributed by atoms with van der Waals surface area (Å²) in [5.41, 5.74) is 0.972. The molecule has 0 fully saturated rings. The molecule has 0 heterocycles. The molecule has 0 radical (unpaired) electrons. The van der Waals surface area contributed by atoms with E-state index in [1.807, 2.05) is 18.2 Å². The summed E-state index contributed by atoms with van der Waals surface area (Å²) in [6.07, 6.45) is 2.48. The highest BCUT2D eigenvalue weighted by Gasteiger charge is 2.04. The molecular weight excluding hydrogens is 269 g/mol. The summed E-state index contributed by atoms with van der Waals surface area (Å²) in [5.74, 6) is 0. The highest BCUT2D eigenvalue weighted by atomic mass is 35.5. The fourth-order valence-corrected chi connectivity index (χ4v) is 2.12. The molecule has 0 unspecified atom stereocenters. The van der Waals surface area contributed by atoms with Gasteiger partial charge >= 0.3 is 0 Å². The Bertz CT molecular complexity index is 335. The van der Waals surface area contributed by atoms with Gasteiger partial charge in [0, 0.05) is 28.8 Å². The lowest BCUT2D eigenvalue weighted by Gasteiger charge is -2.09. The van der Waals surface area contributed by atoms with Gasteiger partial charge in [-0.25, -0.2) is 0 Å². The molecule has 0 saturated carbocycles. The van der Waals surface area contributed by atoms with Crippen LogP contribution >= 0.6 is 23.2 Å². The van der Waals surface area contributed by atoms with E-state index in [9.17, 15) is 0 Å². The maximum Gasteiger partial charge on any atom is 0.0518 e. The van der Waals surface area contributed by atoms with Gasteiger partial charge in [-0.15, -0.1) is 0 Å². The predicted octanol–water partition coefficient (Wildman–Crippen LogP) is 4.29. The second-order valence-electron chi connectivity index (χ2n) is 4.50. The highest BCUT2D eigenvalue weighted by Crippen LogP contribution is 2.23. The van der Waals surface area contributed by atoms with Gasteiger partial charge < -0.3 is 10.1 Å². The molecule has 0 atom stereocenters. The molecular formula is C14H21Cl2NO. The largest absolute Gasteiger partial charge is 0.379 e. The molecule has 4 heteroatoms. The van der Waals surface area contributed by atoms with Crippen molar-refractivity contribution in [1.29, 1.82) is 0 Å². The molecule has 0 spiro atoms. The summed E-state index contributed by atoms with van der Waals surface area (Å²) in [6.45, 7) is 6.59. The lowest BCUT2D eigenvalue weighted by Crippen LogP contribution is -2.16. The van der Waals surface area contributed by atoms with Gasteiger partial charge in [0.1, 0.15) is 0 Å². The van der Waals surface area contributed by atoms with Crippen LogP contribution in [0.3, 0.4) is 0 Å². The second kappa shape index (κ2) is 8.76. The Labute approximate surface area is 120 Å². The maximum atomic E-state index is 6.08. The maximum absolute atomic E-state index is 6.08. The molecule has 1 rings (SSSR count). The van der Waals surface area contributed by atoms with Crippen LogP contribution in [0.2, 0.25) is 10.0 Å². The molecule has 1 aromatic rings. The lowest BCUT2D eigenvalue weighted by atomic mass is 10.2. The minimum Gasteiger partial charge on any atom is -0.379 e. The van der Waals surface area contributed by atoms with Crippen LogP contribution in [0, 0.1) is 0 Å². The minimum atomic E-state index is 0.319. The molecule has 0 aliphatic carbocycles. The molecule has 2 nitrogen and oxygen atoms in total. The molecule has 0 aliphatic heterocycles. The lowest BCUT2D eigenvalue weighted by molar-refractivity contribution is 0.0760. The van der Waals surface area contributed by atoms with Crippen molar-refractivity contribution in [2.45, 2.75) is 39.3 Å². The fraction of sp³-hybridized carbons (Fsp3) is 0.571. The summed E-state index contributed by atoms with van der Waals surface area (Å²) in [7, 11) is 0. The van der Waals surface area contributed by atoms with Crippen molar-refractivity contribution >= 4 is 23.2 Å². The summed E-state index contributed by atoms with van der Waals surface area (Å²) in [5, 5.41) is 4.79. The van der Waals surface area contributed by atoms with E-state index < -0.39 is 0 Å². The van der Waals surface area contributed by atoms with Crippen molar-refractivity contribution in [3.05, 3.63) is 33.8 Å². The smallest absolute Gasteiger partial charge is 0.0518 e. The zero-order valence-corrected chi connectivity index (χ0v) is 12.5. The second-order valence-corrected chi connectivity index (χ2v) is 5.32. The van der Waals surface area contributed by atoms with E-state index in [0.717, 1.165) is 41.6 Å². The van der Waals surface area contributed by atoms with Crippen LogP contribution in [0.1, 0.15) is 32.3 Å². The average molecular weight is 290 g/mol. The molecule has 102 valence electrons.